The van der Waals surface area contributed by atoms with E-state index in [9.17, 15) is 13.5 Å². The van der Waals surface area contributed by atoms with Crippen LogP contribution in [-0.4, -0.2) is 68.2 Å². The molecule has 0 aliphatic carbocycles. The van der Waals surface area contributed by atoms with Crippen molar-refractivity contribution in [2.75, 3.05) is 33.3 Å². The number of hydrogen-bond acceptors (Lipinski definition) is 5. The summed E-state index contributed by atoms with van der Waals surface area (Å²) in [5, 5.41) is 10.1. The highest BCUT2D eigenvalue weighted by molar-refractivity contribution is 7.89. The van der Waals surface area contributed by atoms with Gasteiger partial charge < -0.3 is 9.84 Å². The number of hydrogen-bond donors (Lipinski definition) is 1. The van der Waals surface area contributed by atoms with Gasteiger partial charge in [0.2, 0.25) is 10.0 Å². The average Bonchev–Trinajstić information content (AvgIpc) is 2.61. The van der Waals surface area contributed by atoms with E-state index in [2.05, 4.69) is 4.90 Å². The van der Waals surface area contributed by atoms with Crippen LogP contribution in [0.1, 0.15) is 25.7 Å². The van der Waals surface area contributed by atoms with Crippen molar-refractivity contribution in [3.8, 4) is 5.75 Å². The minimum atomic E-state index is -3.55. The van der Waals surface area contributed by atoms with Crippen LogP contribution in [0.15, 0.2) is 23.1 Å². The molecule has 1 aromatic carbocycles. The maximum absolute atomic E-state index is 12.8. The van der Waals surface area contributed by atoms with Crippen molar-refractivity contribution in [3.05, 3.63) is 23.2 Å². The molecule has 3 rings (SSSR count). The van der Waals surface area contributed by atoms with Gasteiger partial charge in [0, 0.05) is 25.7 Å². The van der Waals surface area contributed by atoms with Crippen LogP contribution in [0.2, 0.25) is 5.02 Å². The normalized spacial score (nSPS) is 24.4. The number of piperidine rings is 2. The Bertz CT molecular complexity index is 705. The molecule has 2 heterocycles. The maximum atomic E-state index is 12.8. The number of ether oxygens (including phenoxy) is 1. The van der Waals surface area contributed by atoms with Gasteiger partial charge in [-0.25, -0.2) is 8.42 Å². The quantitative estimate of drug-likeness (QED) is 0.853. The van der Waals surface area contributed by atoms with Crippen LogP contribution in [0.25, 0.3) is 0 Å². The number of likely N-dealkylation sites (tertiary alicyclic amines) is 1. The lowest BCUT2D eigenvalue weighted by Gasteiger charge is -2.40. The van der Waals surface area contributed by atoms with E-state index in [4.69, 9.17) is 16.3 Å². The third kappa shape index (κ3) is 4.11. The molecule has 0 amide bonds. The minimum Gasteiger partial charge on any atom is -0.495 e. The number of methoxy groups -OCH3 is 1. The largest absolute Gasteiger partial charge is 0.495 e. The first-order valence-electron chi connectivity index (χ1n) is 8.67. The Morgan fingerprint density at radius 2 is 1.92 bits per heavy atom. The van der Waals surface area contributed by atoms with E-state index in [1.807, 2.05) is 0 Å². The smallest absolute Gasteiger partial charge is 0.243 e. The van der Waals surface area contributed by atoms with Gasteiger partial charge in [0.05, 0.1) is 23.1 Å². The van der Waals surface area contributed by atoms with Gasteiger partial charge in [0.15, 0.2) is 0 Å². The van der Waals surface area contributed by atoms with Crippen molar-refractivity contribution in [3.63, 3.8) is 0 Å². The lowest BCUT2D eigenvalue weighted by atomic mass is 10.00. The molecule has 25 heavy (non-hydrogen) atoms. The van der Waals surface area contributed by atoms with E-state index >= 15 is 0 Å². The van der Waals surface area contributed by atoms with Gasteiger partial charge in [0.25, 0.3) is 0 Å². The molecular formula is C17H25ClN2O4S. The third-order valence-corrected chi connectivity index (χ3v) is 7.32. The molecule has 0 saturated carbocycles. The summed E-state index contributed by atoms with van der Waals surface area (Å²) in [7, 11) is -2.05. The fourth-order valence-electron chi connectivity index (χ4n) is 3.72. The molecule has 2 fully saturated rings. The number of β-amino-alcohol motifs (C(OH)–C–C–N with tert-alkyl or cyclic N) is 1. The third-order valence-electron chi connectivity index (χ3n) is 5.13. The lowest BCUT2D eigenvalue weighted by molar-refractivity contribution is 0.0326. The monoisotopic (exact) mass is 388 g/mol. The van der Waals surface area contributed by atoms with E-state index < -0.39 is 10.0 Å². The Hall–Kier alpha value is -0.860. The summed E-state index contributed by atoms with van der Waals surface area (Å²) in [4.78, 5) is 2.51. The van der Waals surface area contributed by atoms with E-state index in [1.165, 1.54) is 23.5 Å². The second kappa shape index (κ2) is 7.80. The number of halogens is 1. The molecule has 2 aliphatic rings. The summed E-state index contributed by atoms with van der Waals surface area (Å²) in [5.41, 5.74) is 0. The minimum absolute atomic E-state index is 0.199. The average molecular weight is 389 g/mol. The van der Waals surface area contributed by atoms with Crippen LogP contribution in [0.5, 0.6) is 5.75 Å². The number of rotatable bonds is 4. The number of sulfonamides is 1. The van der Waals surface area contributed by atoms with E-state index in [0.717, 1.165) is 32.2 Å². The van der Waals surface area contributed by atoms with Gasteiger partial charge in [0.1, 0.15) is 5.75 Å². The predicted molar refractivity (Wildman–Crippen MR) is 96.6 cm³/mol. The van der Waals surface area contributed by atoms with Crippen LogP contribution in [0.3, 0.4) is 0 Å². The van der Waals surface area contributed by atoms with Crippen molar-refractivity contribution in [1.29, 1.82) is 0 Å². The second-order valence-corrected chi connectivity index (χ2v) is 9.07. The second-order valence-electron chi connectivity index (χ2n) is 6.72. The van der Waals surface area contributed by atoms with Crippen LogP contribution < -0.4 is 4.74 Å². The van der Waals surface area contributed by atoms with E-state index in [1.54, 1.807) is 6.07 Å². The SMILES string of the molecule is COc1ccc(S(=O)(=O)N2CCC(N3CCCC(O)C3)CC2)cc1Cl. The molecule has 2 saturated heterocycles. The molecule has 1 atom stereocenters. The summed E-state index contributed by atoms with van der Waals surface area (Å²) >= 11 is 6.07. The van der Waals surface area contributed by atoms with Crippen molar-refractivity contribution in [1.82, 2.24) is 9.21 Å². The highest BCUT2D eigenvalue weighted by Gasteiger charge is 2.33. The number of aliphatic hydroxyl groups excluding tert-OH is 1. The Kier molecular flexibility index (Phi) is 5.90. The first-order valence-corrected chi connectivity index (χ1v) is 10.5. The molecule has 1 aromatic rings. The molecule has 1 N–H and O–H groups in total. The zero-order valence-corrected chi connectivity index (χ0v) is 16.0. The molecule has 0 bridgehead atoms. The van der Waals surface area contributed by atoms with Crippen LogP contribution in [0, 0.1) is 0 Å². The Balaban J connectivity index is 1.66. The number of nitrogens with zero attached hydrogens (tertiary/aromatic N) is 2. The maximum Gasteiger partial charge on any atom is 0.243 e. The van der Waals surface area contributed by atoms with Crippen LogP contribution in [-0.2, 0) is 10.0 Å². The standard InChI is InChI=1S/C17H25ClN2O4S/c1-24-17-5-4-15(11-16(17)18)25(22,23)20-9-6-13(7-10-20)19-8-2-3-14(21)12-19/h4-5,11,13-14,21H,2-3,6-10,12H2,1H3. The number of aliphatic hydroxyl groups is 1. The van der Waals surface area contributed by atoms with E-state index in [-0.39, 0.29) is 11.0 Å². The molecular weight excluding hydrogens is 364 g/mol. The molecule has 0 aromatic heterocycles. The Morgan fingerprint density at radius 1 is 1.20 bits per heavy atom. The fourth-order valence-corrected chi connectivity index (χ4v) is 5.54. The van der Waals surface area contributed by atoms with Crippen molar-refractivity contribution in [2.45, 2.75) is 42.7 Å². The molecule has 0 spiro atoms. The van der Waals surface area contributed by atoms with Crippen LogP contribution in [0.4, 0.5) is 0 Å². The zero-order chi connectivity index (χ0) is 18.0. The van der Waals surface area contributed by atoms with Gasteiger partial charge in [-0.15, -0.1) is 0 Å². The van der Waals surface area contributed by atoms with Gasteiger partial charge in [-0.2, -0.15) is 4.31 Å². The molecule has 1 unspecified atom stereocenters. The van der Waals surface area contributed by atoms with Gasteiger partial charge >= 0.3 is 0 Å². The van der Waals surface area contributed by atoms with E-state index in [0.29, 0.717) is 36.4 Å². The summed E-state index contributed by atoms with van der Waals surface area (Å²) in [5.74, 6) is 0.461. The predicted octanol–water partition coefficient (Wildman–Crippen LogP) is 1.96. The summed E-state index contributed by atoms with van der Waals surface area (Å²) < 4.78 is 32.3. The number of benzene rings is 1. The van der Waals surface area contributed by atoms with Crippen molar-refractivity contribution in [2.24, 2.45) is 0 Å². The Labute approximate surface area is 154 Å². The van der Waals surface area contributed by atoms with Gasteiger partial charge in [-0.1, -0.05) is 11.6 Å². The summed E-state index contributed by atoms with van der Waals surface area (Å²) in [6.07, 6.45) is 3.19. The highest BCUT2D eigenvalue weighted by Crippen LogP contribution is 2.30. The highest BCUT2D eigenvalue weighted by atomic mass is 35.5. The molecule has 2 aliphatic heterocycles. The molecule has 8 heteroatoms. The summed E-state index contributed by atoms with van der Waals surface area (Å²) in [6.45, 7) is 2.67. The first-order chi connectivity index (χ1) is 11.9. The molecule has 0 radical (unpaired) electrons. The zero-order valence-electron chi connectivity index (χ0n) is 14.4. The molecule has 6 nitrogen and oxygen atoms in total. The fraction of sp³-hybridized carbons (Fsp3) is 0.647. The van der Waals surface area contributed by atoms with Crippen LogP contribution >= 0.6 is 11.6 Å². The lowest BCUT2D eigenvalue weighted by Crippen LogP contribution is -2.50. The summed E-state index contributed by atoms with van der Waals surface area (Å²) in [6, 6.07) is 4.91. The Morgan fingerprint density at radius 3 is 2.52 bits per heavy atom. The van der Waals surface area contributed by atoms with Gasteiger partial charge in [-0.3, -0.25) is 4.90 Å². The topological polar surface area (TPSA) is 70.1 Å². The molecule has 140 valence electrons. The first kappa shape index (κ1) is 18.9. The van der Waals surface area contributed by atoms with Gasteiger partial charge in [-0.05, 0) is 50.4 Å². The van der Waals surface area contributed by atoms with Crippen molar-refractivity contribution < 1.29 is 18.3 Å². The van der Waals surface area contributed by atoms with Crippen molar-refractivity contribution >= 4 is 21.6 Å².